The van der Waals surface area contributed by atoms with Crippen molar-refractivity contribution in [2.75, 3.05) is 0 Å². The SMILES string of the molecule is O=c1cc(/C=N/n2cnnc2SCc2ccccc2Cl)[nH]c(=O)[nH]1. The van der Waals surface area contributed by atoms with Gasteiger partial charge in [0.05, 0.1) is 11.9 Å². The Labute approximate surface area is 144 Å². The van der Waals surface area contributed by atoms with E-state index in [1.54, 1.807) is 0 Å². The van der Waals surface area contributed by atoms with Crippen LogP contribution in [0.5, 0.6) is 0 Å². The van der Waals surface area contributed by atoms with Crippen LogP contribution in [-0.4, -0.2) is 31.1 Å². The zero-order chi connectivity index (χ0) is 16.9. The molecule has 3 aromatic rings. The average Bonchev–Trinajstić information content (AvgIpc) is 2.99. The second-order valence-electron chi connectivity index (χ2n) is 4.63. The van der Waals surface area contributed by atoms with Crippen LogP contribution in [0.4, 0.5) is 0 Å². The number of hydrogen-bond acceptors (Lipinski definition) is 6. The molecule has 0 amide bonds. The highest BCUT2D eigenvalue weighted by atomic mass is 35.5. The Morgan fingerprint density at radius 3 is 2.92 bits per heavy atom. The number of hydrogen-bond donors (Lipinski definition) is 2. The monoisotopic (exact) mass is 362 g/mol. The minimum Gasteiger partial charge on any atom is -0.306 e. The van der Waals surface area contributed by atoms with E-state index in [9.17, 15) is 9.59 Å². The molecule has 0 spiro atoms. The van der Waals surface area contributed by atoms with Gasteiger partial charge in [0.15, 0.2) is 0 Å². The van der Waals surface area contributed by atoms with E-state index in [0.717, 1.165) is 5.56 Å². The van der Waals surface area contributed by atoms with E-state index >= 15 is 0 Å². The van der Waals surface area contributed by atoms with Gasteiger partial charge in [0.2, 0.25) is 5.16 Å². The Morgan fingerprint density at radius 1 is 1.29 bits per heavy atom. The fraction of sp³-hybridized carbons (Fsp3) is 0.0714. The minimum absolute atomic E-state index is 0.277. The van der Waals surface area contributed by atoms with Crippen molar-refractivity contribution in [3.05, 3.63) is 73.8 Å². The number of H-pyrrole nitrogens is 2. The van der Waals surface area contributed by atoms with Crippen molar-refractivity contribution in [3.8, 4) is 0 Å². The van der Waals surface area contributed by atoms with Gasteiger partial charge < -0.3 is 4.98 Å². The number of aromatic nitrogens is 5. The summed E-state index contributed by atoms with van der Waals surface area (Å²) in [5.41, 5.74) is 0.152. The maximum atomic E-state index is 11.2. The molecule has 10 heteroatoms. The molecule has 2 aromatic heterocycles. The zero-order valence-electron chi connectivity index (χ0n) is 12.1. The predicted octanol–water partition coefficient (Wildman–Crippen LogP) is 1.48. The van der Waals surface area contributed by atoms with Gasteiger partial charge in [-0.1, -0.05) is 41.6 Å². The summed E-state index contributed by atoms with van der Waals surface area (Å²) in [6.45, 7) is 0. The number of halogens is 1. The number of rotatable bonds is 5. The van der Waals surface area contributed by atoms with Crippen LogP contribution in [0.1, 0.15) is 11.3 Å². The maximum Gasteiger partial charge on any atom is 0.326 e. The number of nitrogens with one attached hydrogen (secondary N) is 2. The van der Waals surface area contributed by atoms with Crippen molar-refractivity contribution in [2.24, 2.45) is 5.10 Å². The second-order valence-corrected chi connectivity index (χ2v) is 5.98. The fourth-order valence-corrected chi connectivity index (χ4v) is 2.98. The van der Waals surface area contributed by atoms with Gasteiger partial charge in [-0.25, -0.2) is 4.79 Å². The van der Waals surface area contributed by atoms with Crippen LogP contribution < -0.4 is 11.2 Å². The molecule has 0 bridgehead atoms. The molecule has 2 N–H and O–H groups in total. The van der Waals surface area contributed by atoms with Crippen LogP contribution in [0.25, 0.3) is 0 Å². The quantitative estimate of drug-likeness (QED) is 0.528. The molecule has 1 aromatic carbocycles. The van der Waals surface area contributed by atoms with Gasteiger partial charge in [-0.3, -0.25) is 9.78 Å². The summed E-state index contributed by atoms with van der Waals surface area (Å²) in [7, 11) is 0. The molecular weight excluding hydrogens is 352 g/mol. The molecule has 0 fully saturated rings. The van der Waals surface area contributed by atoms with E-state index in [2.05, 4.69) is 25.3 Å². The largest absolute Gasteiger partial charge is 0.326 e. The third-order valence-corrected chi connectivity index (χ3v) is 4.27. The van der Waals surface area contributed by atoms with Gasteiger partial charge in [0.25, 0.3) is 5.56 Å². The molecule has 0 unspecified atom stereocenters. The molecule has 0 saturated carbocycles. The summed E-state index contributed by atoms with van der Waals surface area (Å²) >= 11 is 7.54. The van der Waals surface area contributed by atoms with Gasteiger partial charge in [0.1, 0.15) is 6.33 Å². The lowest BCUT2D eigenvalue weighted by molar-refractivity contribution is 0.766. The highest BCUT2D eigenvalue weighted by molar-refractivity contribution is 7.98. The number of thioether (sulfide) groups is 1. The summed E-state index contributed by atoms with van der Waals surface area (Å²) in [6.07, 6.45) is 2.77. The fourth-order valence-electron chi connectivity index (χ4n) is 1.83. The van der Waals surface area contributed by atoms with Gasteiger partial charge >= 0.3 is 5.69 Å². The van der Waals surface area contributed by atoms with Gasteiger partial charge in [-0.15, -0.1) is 10.2 Å². The lowest BCUT2D eigenvalue weighted by Gasteiger charge is -2.03. The molecule has 2 heterocycles. The predicted molar refractivity (Wildman–Crippen MR) is 91.7 cm³/mol. The highest BCUT2D eigenvalue weighted by Gasteiger charge is 2.06. The van der Waals surface area contributed by atoms with Crippen molar-refractivity contribution in [1.82, 2.24) is 24.8 Å². The van der Waals surface area contributed by atoms with Crippen molar-refractivity contribution >= 4 is 29.6 Å². The first-order chi connectivity index (χ1) is 11.6. The second kappa shape index (κ2) is 7.28. The van der Waals surface area contributed by atoms with Crippen LogP contribution in [0.15, 0.2) is 56.5 Å². The molecule has 24 heavy (non-hydrogen) atoms. The standard InChI is InChI=1S/C14H11ClN6O2S/c15-11-4-2-1-3-9(11)7-24-14-20-16-8-21(14)17-6-10-5-12(22)19-13(23)18-10/h1-6,8H,7H2,(H2,18,19,22,23)/b17-6+. The Hall–Kier alpha value is -2.65. The van der Waals surface area contributed by atoms with Crippen molar-refractivity contribution in [1.29, 1.82) is 0 Å². The molecule has 122 valence electrons. The third kappa shape index (κ3) is 4.00. The summed E-state index contributed by atoms with van der Waals surface area (Å²) < 4.78 is 1.45. The molecule has 3 rings (SSSR count). The van der Waals surface area contributed by atoms with E-state index in [1.165, 1.54) is 35.0 Å². The molecule has 0 radical (unpaired) electrons. The van der Waals surface area contributed by atoms with Gasteiger partial charge in [0, 0.05) is 16.8 Å². The number of nitrogens with zero attached hydrogens (tertiary/aromatic N) is 4. The van der Waals surface area contributed by atoms with Crippen LogP contribution >= 0.6 is 23.4 Å². The van der Waals surface area contributed by atoms with Crippen molar-refractivity contribution < 1.29 is 0 Å². The van der Waals surface area contributed by atoms with Crippen LogP contribution in [-0.2, 0) is 5.75 Å². The van der Waals surface area contributed by atoms with Crippen molar-refractivity contribution in [2.45, 2.75) is 10.9 Å². The minimum atomic E-state index is -0.596. The van der Waals surface area contributed by atoms with Gasteiger partial charge in [-0.05, 0) is 11.6 Å². The summed E-state index contributed by atoms with van der Waals surface area (Å²) in [6, 6.07) is 8.76. The Morgan fingerprint density at radius 2 is 2.12 bits per heavy atom. The molecule has 0 aliphatic rings. The van der Waals surface area contributed by atoms with Crippen LogP contribution in [0.2, 0.25) is 5.02 Å². The first-order valence-electron chi connectivity index (χ1n) is 6.76. The molecular formula is C14H11ClN6O2S. The smallest absolute Gasteiger partial charge is 0.306 e. The van der Waals surface area contributed by atoms with Crippen LogP contribution in [0, 0.1) is 0 Å². The summed E-state index contributed by atoms with van der Waals surface area (Å²) in [4.78, 5) is 27.0. The van der Waals surface area contributed by atoms with E-state index < -0.39 is 11.2 Å². The normalized spacial score (nSPS) is 11.2. The Bertz CT molecular complexity index is 965. The first kappa shape index (κ1) is 16.2. The molecule has 0 saturated heterocycles. The first-order valence-corrected chi connectivity index (χ1v) is 8.12. The van der Waals surface area contributed by atoms with Crippen molar-refractivity contribution in [3.63, 3.8) is 0 Å². The number of benzene rings is 1. The molecule has 0 atom stereocenters. The Kier molecular flexibility index (Phi) is 4.92. The molecule has 0 aliphatic heterocycles. The lowest BCUT2D eigenvalue weighted by atomic mass is 10.2. The average molecular weight is 363 g/mol. The maximum absolute atomic E-state index is 11.2. The van der Waals surface area contributed by atoms with E-state index in [0.29, 0.717) is 15.9 Å². The van der Waals surface area contributed by atoms with Crippen LogP contribution in [0.3, 0.4) is 0 Å². The third-order valence-electron chi connectivity index (χ3n) is 2.92. The molecule has 0 aliphatic carbocycles. The number of aromatic amines is 2. The van der Waals surface area contributed by atoms with E-state index in [-0.39, 0.29) is 5.69 Å². The summed E-state index contributed by atoms with van der Waals surface area (Å²) in [5.74, 6) is 0.607. The summed E-state index contributed by atoms with van der Waals surface area (Å²) in [5, 5.41) is 13.2. The molecule has 8 nitrogen and oxygen atoms in total. The Balaban J connectivity index is 1.75. The van der Waals surface area contributed by atoms with Gasteiger partial charge in [-0.2, -0.15) is 9.78 Å². The van der Waals surface area contributed by atoms with E-state index in [4.69, 9.17) is 11.6 Å². The van der Waals surface area contributed by atoms with E-state index in [1.807, 2.05) is 24.3 Å². The topological polar surface area (TPSA) is 109 Å². The zero-order valence-corrected chi connectivity index (χ0v) is 13.7. The highest BCUT2D eigenvalue weighted by Crippen LogP contribution is 2.25. The lowest BCUT2D eigenvalue weighted by Crippen LogP contribution is -2.22.